The highest BCUT2D eigenvalue weighted by Crippen LogP contribution is 2.38. The van der Waals surface area contributed by atoms with Crippen molar-refractivity contribution >= 4 is 36.1 Å². The lowest BCUT2D eigenvalue weighted by molar-refractivity contribution is 0.387. The van der Waals surface area contributed by atoms with Crippen molar-refractivity contribution in [2.75, 3.05) is 0 Å². The molecule has 1 aromatic rings. The van der Waals surface area contributed by atoms with Crippen molar-refractivity contribution in [1.82, 2.24) is 0 Å². The molecule has 0 fully saturated rings. The van der Waals surface area contributed by atoms with Crippen LogP contribution in [0.2, 0.25) is 10.0 Å². The van der Waals surface area contributed by atoms with Gasteiger partial charge in [0.25, 0.3) is 0 Å². The fraction of sp³-hybridized carbons (Fsp3) is 0. The third-order valence-corrected chi connectivity index (χ3v) is 3.34. The minimum absolute atomic E-state index is 0.0645. The summed E-state index contributed by atoms with van der Waals surface area (Å²) in [7, 11) is -4.46. The van der Waals surface area contributed by atoms with E-state index < -0.39 is 7.60 Å². The van der Waals surface area contributed by atoms with Gasteiger partial charge >= 0.3 is 7.60 Å². The Morgan fingerprint density at radius 1 is 1.36 bits per heavy atom. The molecule has 0 radical (unpaired) electrons. The summed E-state index contributed by atoms with van der Waals surface area (Å²) in [4.78, 5) is 17.7. The summed E-state index contributed by atoms with van der Waals surface area (Å²) in [6.45, 7) is 0. The van der Waals surface area contributed by atoms with Gasteiger partial charge in [0.2, 0.25) is 0 Å². The van der Waals surface area contributed by atoms with Crippen LogP contribution in [0.1, 0.15) is 5.56 Å². The summed E-state index contributed by atoms with van der Waals surface area (Å²) in [5.74, 6) is 0. The van der Waals surface area contributed by atoms with Crippen molar-refractivity contribution < 1.29 is 14.4 Å². The minimum Gasteiger partial charge on any atom is -0.321 e. The molecule has 1 rings (SSSR count). The van der Waals surface area contributed by atoms with Crippen LogP contribution in [0.5, 0.6) is 0 Å². The maximum absolute atomic E-state index is 10.9. The van der Waals surface area contributed by atoms with Gasteiger partial charge in [-0.25, -0.2) is 0 Å². The van der Waals surface area contributed by atoms with Crippen LogP contribution < -0.4 is 5.30 Å². The molecule has 0 aliphatic carbocycles. The molecule has 7 heteroatoms. The molecule has 0 unspecified atom stereocenters. The van der Waals surface area contributed by atoms with E-state index in [1.807, 2.05) is 0 Å². The van der Waals surface area contributed by atoms with E-state index in [4.69, 9.17) is 38.3 Å². The summed E-state index contributed by atoms with van der Waals surface area (Å²) in [5, 5.41) is 8.00. The SMILES string of the molecule is N#Cc1c(Cl)ccc(P(=O)(O)O)c1Cl. The van der Waals surface area contributed by atoms with Gasteiger partial charge < -0.3 is 9.79 Å². The number of benzene rings is 1. The highest BCUT2D eigenvalue weighted by Gasteiger charge is 2.23. The second-order valence-corrected chi connectivity index (χ2v) is 4.77. The second kappa shape index (κ2) is 3.90. The van der Waals surface area contributed by atoms with E-state index in [2.05, 4.69) is 0 Å². The van der Waals surface area contributed by atoms with Crippen LogP contribution in [0, 0.1) is 11.3 Å². The maximum Gasteiger partial charge on any atom is 0.357 e. The molecule has 0 aromatic heterocycles. The van der Waals surface area contributed by atoms with Crippen molar-refractivity contribution in [2.24, 2.45) is 0 Å². The molecule has 74 valence electrons. The molecule has 0 aliphatic heterocycles. The van der Waals surface area contributed by atoms with Crippen LogP contribution in [0.25, 0.3) is 0 Å². The van der Waals surface area contributed by atoms with Crippen molar-refractivity contribution in [2.45, 2.75) is 0 Å². The smallest absolute Gasteiger partial charge is 0.321 e. The van der Waals surface area contributed by atoms with Crippen LogP contribution in [0.3, 0.4) is 0 Å². The number of nitriles is 1. The normalized spacial score (nSPS) is 11.1. The lowest BCUT2D eigenvalue weighted by Gasteiger charge is -2.07. The van der Waals surface area contributed by atoms with Crippen LogP contribution in [-0.2, 0) is 4.57 Å². The number of nitrogens with zero attached hydrogens (tertiary/aromatic N) is 1. The molecular weight excluding hydrogens is 248 g/mol. The first-order chi connectivity index (χ1) is 6.38. The van der Waals surface area contributed by atoms with Gasteiger partial charge in [0.1, 0.15) is 6.07 Å². The Kier molecular flexibility index (Phi) is 3.20. The molecule has 0 spiro atoms. The summed E-state index contributed by atoms with van der Waals surface area (Å²) >= 11 is 11.2. The monoisotopic (exact) mass is 251 g/mol. The van der Waals surface area contributed by atoms with E-state index in [1.54, 1.807) is 6.07 Å². The van der Waals surface area contributed by atoms with Gasteiger partial charge in [0, 0.05) is 0 Å². The van der Waals surface area contributed by atoms with E-state index in [-0.39, 0.29) is 20.9 Å². The van der Waals surface area contributed by atoms with Gasteiger partial charge in [-0.05, 0) is 12.1 Å². The van der Waals surface area contributed by atoms with Gasteiger partial charge in [-0.15, -0.1) is 0 Å². The molecule has 0 amide bonds. The molecule has 1 aromatic carbocycles. The molecule has 0 saturated carbocycles. The fourth-order valence-corrected chi connectivity index (χ4v) is 2.29. The van der Waals surface area contributed by atoms with E-state index in [1.165, 1.54) is 6.07 Å². The van der Waals surface area contributed by atoms with Crippen LogP contribution >= 0.6 is 30.8 Å². The zero-order valence-corrected chi connectivity index (χ0v) is 9.01. The van der Waals surface area contributed by atoms with E-state index in [9.17, 15) is 4.57 Å². The standard InChI is InChI=1S/C7H4Cl2NO3P/c8-5-1-2-6(14(11,12)13)7(9)4(5)3-10/h1-2H,(H2,11,12,13). The van der Waals surface area contributed by atoms with E-state index in [0.717, 1.165) is 6.07 Å². The lowest BCUT2D eigenvalue weighted by atomic mass is 10.2. The molecule has 0 saturated heterocycles. The van der Waals surface area contributed by atoms with E-state index >= 15 is 0 Å². The molecule has 0 aliphatic rings. The molecule has 4 nitrogen and oxygen atoms in total. The number of hydrogen-bond acceptors (Lipinski definition) is 2. The summed E-state index contributed by atoms with van der Waals surface area (Å²) < 4.78 is 10.9. The van der Waals surface area contributed by atoms with Crippen LogP contribution in [0.4, 0.5) is 0 Å². The quantitative estimate of drug-likeness (QED) is 0.744. The maximum atomic E-state index is 10.9. The Hall–Kier alpha value is -0.560. The van der Waals surface area contributed by atoms with Gasteiger partial charge in [-0.2, -0.15) is 5.26 Å². The molecule has 0 atom stereocenters. The second-order valence-electron chi connectivity index (χ2n) is 2.41. The molecule has 2 N–H and O–H groups in total. The van der Waals surface area contributed by atoms with Gasteiger partial charge in [0.15, 0.2) is 0 Å². The Balaban J connectivity index is 3.54. The van der Waals surface area contributed by atoms with Crippen molar-refractivity contribution in [3.8, 4) is 6.07 Å². The molecule has 0 bridgehead atoms. The third kappa shape index (κ3) is 2.09. The lowest BCUT2D eigenvalue weighted by Crippen LogP contribution is -2.07. The Morgan fingerprint density at radius 2 is 1.93 bits per heavy atom. The highest BCUT2D eigenvalue weighted by molar-refractivity contribution is 7.60. The average Bonchev–Trinajstić information content (AvgIpc) is 2.02. The topological polar surface area (TPSA) is 81.3 Å². The van der Waals surface area contributed by atoms with E-state index in [0.29, 0.717) is 0 Å². The zero-order chi connectivity index (χ0) is 10.9. The predicted molar refractivity (Wildman–Crippen MR) is 52.9 cm³/mol. The van der Waals surface area contributed by atoms with Gasteiger partial charge in [-0.1, -0.05) is 23.2 Å². The summed E-state index contributed by atoms with van der Waals surface area (Å²) in [6, 6.07) is 3.99. The first-order valence-electron chi connectivity index (χ1n) is 3.32. The predicted octanol–water partition coefficient (Wildman–Crippen LogP) is 1.67. The van der Waals surface area contributed by atoms with Crippen molar-refractivity contribution in [3.63, 3.8) is 0 Å². The first kappa shape index (κ1) is 11.5. The average molecular weight is 252 g/mol. The largest absolute Gasteiger partial charge is 0.357 e. The summed E-state index contributed by atoms with van der Waals surface area (Å²) in [5.41, 5.74) is -0.130. The highest BCUT2D eigenvalue weighted by atomic mass is 35.5. The fourth-order valence-electron chi connectivity index (χ4n) is 0.869. The zero-order valence-electron chi connectivity index (χ0n) is 6.61. The minimum atomic E-state index is -4.46. The summed E-state index contributed by atoms with van der Waals surface area (Å²) in [6.07, 6.45) is 0. The Morgan fingerprint density at radius 3 is 2.36 bits per heavy atom. The third-order valence-electron chi connectivity index (χ3n) is 1.50. The number of halogens is 2. The van der Waals surface area contributed by atoms with Gasteiger partial charge in [-0.3, -0.25) is 4.57 Å². The number of hydrogen-bond donors (Lipinski definition) is 2. The molecule has 14 heavy (non-hydrogen) atoms. The van der Waals surface area contributed by atoms with Crippen LogP contribution in [-0.4, -0.2) is 9.79 Å². The molecule has 0 heterocycles. The number of rotatable bonds is 1. The van der Waals surface area contributed by atoms with Crippen molar-refractivity contribution in [1.29, 1.82) is 5.26 Å². The molecular formula is C7H4Cl2NO3P. The van der Waals surface area contributed by atoms with Crippen LogP contribution in [0.15, 0.2) is 12.1 Å². The van der Waals surface area contributed by atoms with Crippen molar-refractivity contribution in [3.05, 3.63) is 27.7 Å². The van der Waals surface area contributed by atoms with Gasteiger partial charge in [0.05, 0.1) is 20.9 Å². The first-order valence-corrected chi connectivity index (χ1v) is 5.69. The Bertz CT molecular complexity index is 463. The Labute approximate surface area is 89.8 Å².